The van der Waals surface area contributed by atoms with Crippen LogP contribution < -0.4 is 11.1 Å². The highest BCUT2D eigenvalue weighted by molar-refractivity contribution is 7.99. The van der Waals surface area contributed by atoms with Gasteiger partial charge in [0.15, 0.2) is 0 Å². The number of halogens is 1. The van der Waals surface area contributed by atoms with Crippen molar-refractivity contribution in [3.05, 3.63) is 28.8 Å². The van der Waals surface area contributed by atoms with Gasteiger partial charge in [-0.05, 0) is 43.0 Å². The number of thioether (sulfide) groups is 1. The molecular weight excluding hydrogens is 284 g/mol. The predicted octanol–water partition coefficient (Wildman–Crippen LogP) is 3.92. The smallest absolute Gasteiger partial charge is 0.106 e. The molecule has 0 radical (unpaired) electrons. The third-order valence-electron chi connectivity index (χ3n) is 2.55. The van der Waals surface area contributed by atoms with Gasteiger partial charge in [-0.3, -0.25) is 0 Å². The number of rotatable bonds is 7. The Bertz CT molecular complexity index is 410. The van der Waals surface area contributed by atoms with E-state index >= 15 is 0 Å². The van der Waals surface area contributed by atoms with E-state index in [0.29, 0.717) is 16.1 Å². The van der Waals surface area contributed by atoms with Crippen LogP contribution >= 0.6 is 35.6 Å². The van der Waals surface area contributed by atoms with E-state index in [0.717, 1.165) is 29.2 Å². The van der Waals surface area contributed by atoms with E-state index in [1.54, 1.807) is 6.07 Å². The van der Waals surface area contributed by atoms with Gasteiger partial charge in [0.2, 0.25) is 0 Å². The maximum Gasteiger partial charge on any atom is 0.106 e. The lowest BCUT2D eigenvalue weighted by Crippen LogP contribution is -2.20. The Morgan fingerprint density at radius 3 is 2.89 bits per heavy atom. The molecule has 0 heterocycles. The molecule has 18 heavy (non-hydrogen) atoms. The molecule has 1 unspecified atom stereocenters. The normalized spacial score (nSPS) is 12.2. The van der Waals surface area contributed by atoms with Crippen LogP contribution in [0.3, 0.4) is 0 Å². The Balaban J connectivity index is 2.68. The predicted molar refractivity (Wildman–Crippen MR) is 88.0 cm³/mol. The molecule has 0 fully saturated rings. The van der Waals surface area contributed by atoms with Crippen LogP contribution in [-0.4, -0.2) is 22.5 Å². The second kappa shape index (κ2) is 7.87. The number of hydrogen-bond acceptors (Lipinski definition) is 3. The van der Waals surface area contributed by atoms with Crippen molar-refractivity contribution in [3.63, 3.8) is 0 Å². The molecular formula is C13H19ClN2S2. The molecule has 0 spiro atoms. The number of nitrogens with one attached hydrogen (secondary N) is 1. The number of benzene rings is 1. The van der Waals surface area contributed by atoms with Crippen molar-refractivity contribution >= 4 is 46.3 Å². The van der Waals surface area contributed by atoms with E-state index in [9.17, 15) is 0 Å². The van der Waals surface area contributed by atoms with E-state index in [4.69, 9.17) is 29.6 Å². The van der Waals surface area contributed by atoms with E-state index in [1.807, 2.05) is 23.9 Å². The van der Waals surface area contributed by atoms with Crippen LogP contribution in [0.25, 0.3) is 0 Å². The number of hydrogen-bond donors (Lipinski definition) is 2. The highest BCUT2D eigenvalue weighted by Crippen LogP contribution is 2.22. The van der Waals surface area contributed by atoms with E-state index in [1.165, 1.54) is 0 Å². The molecule has 1 atom stereocenters. The minimum absolute atomic E-state index is 0.370. The molecule has 0 aliphatic rings. The highest BCUT2D eigenvalue weighted by atomic mass is 35.5. The summed E-state index contributed by atoms with van der Waals surface area (Å²) in [5, 5.41) is 4.09. The summed E-state index contributed by atoms with van der Waals surface area (Å²) in [5.41, 5.74) is 7.48. The van der Waals surface area contributed by atoms with Gasteiger partial charge in [0, 0.05) is 22.3 Å². The fourth-order valence-corrected chi connectivity index (χ4v) is 2.74. The molecule has 0 aliphatic carbocycles. The summed E-state index contributed by atoms with van der Waals surface area (Å²) in [7, 11) is 0. The van der Waals surface area contributed by atoms with E-state index in [-0.39, 0.29) is 0 Å². The fourth-order valence-electron chi connectivity index (χ4n) is 1.59. The van der Waals surface area contributed by atoms with Gasteiger partial charge in [-0.25, -0.2) is 0 Å². The molecule has 0 saturated carbocycles. The Labute approximate surface area is 124 Å². The average Bonchev–Trinajstić information content (AvgIpc) is 2.31. The van der Waals surface area contributed by atoms with E-state index < -0.39 is 0 Å². The molecule has 0 amide bonds. The van der Waals surface area contributed by atoms with Crippen molar-refractivity contribution in [1.82, 2.24) is 0 Å². The van der Waals surface area contributed by atoms with Gasteiger partial charge in [0.05, 0.1) is 0 Å². The lowest BCUT2D eigenvalue weighted by Gasteiger charge is -2.17. The van der Waals surface area contributed by atoms with Gasteiger partial charge in [0.1, 0.15) is 4.99 Å². The van der Waals surface area contributed by atoms with Crippen molar-refractivity contribution < 1.29 is 0 Å². The minimum Gasteiger partial charge on any atom is -0.389 e. The first-order valence-electron chi connectivity index (χ1n) is 5.98. The van der Waals surface area contributed by atoms with Crippen LogP contribution in [0.1, 0.15) is 25.8 Å². The fraction of sp³-hybridized carbons (Fsp3) is 0.462. The van der Waals surface area contributed by atoms with Crippen molar-refractivity contribution in [3.8, 4) is 0 Å². The maximum absolute atomic E-state index is 5.95. The summed E-state index contributed by atoms with van der Waals surface area (Å²) in [6, 6.07) is 5.97. The van der Waals surface area contributed by atoms with Crippen molar-refractivity contribution in [2.24, 2.45) is 5.73 Å². The van der Waals surface area contributed by atoms with Gasteiger partial charge in [-0.1, -0.05) is 30.7 Å². The molecule has 1 aromatic rings. The number of anilines is 1. The van der Waals surface area contributed by atoms with Gasteiger partial charge in [-0.2, -0.15) is 11.8 Å². The SMILES string of the molecule is CCSCCC(C)Nc1ccc(Cl)cc1C(N)=S. The Hall–Kier alpha value is -0.450. The molecule has 3 N–H and O–H groups in total. The second-order valence-corrected chi connectivity index (χ2v) is 6.36. The summed E-state index contributed by atoms with van der Waals surface area (Å²) in [5.74, 6) is 2.31. The molecule has 1 rings (SSSR count). The van der Waals surface area contributed by atoms with E-state index in [2.05, 4.69) is 19.2 Å². The summed E-state index contributed by atoms with van der Waals surface area (Å²) >= 11 is 12.9. The van der Waals surface area contributed by atoms with Crippen LogP contribution in [0.15, 0.2) is 18.2 Å². The molecule has 0 aliphatic heterocycles. The van der Waals surface area contributed by atoms with Crippen LogP contribution in [0, 0.1) is 0 Å². The molecule has 0 bridgehead atoms. The Morgan fingerprint density at radius 2 is 2.28 bits per heavy atom. The molecule has 2 nitrogen and oxygen atoms in total. The highest BCUT2D eigenvalue weighted by Gasteiger charge is 2.09. The van der Waals surface area contributed by atoms with Gasteiger partial charge in [0.25, 0.3) is 0 Å². The Morgan fingerprint density at radius 1 is 1.56 bits per heavy atom. The van der Waals surface area contributed by atoms with Crippen LogP contribution in [-0.2, 0) is 0 Å². The number of nitrogens with two attached hydrogens (primary N) is 1. The summed E-state index contributed by atoms with van der Waals surface area (Å²) in [6.45, 7) is 4.33. The largest absolute Gasteiger partial charge is 0.389 e. The quantitative estimate of drug-likeness (QED) is 0.591. The first-order chi connectivity index (χ1) is 8.54. The van der Waals surface area contributed by atoms with Gasteiger partial charge >= 0.3 is 0 Å². The first-order valence-corrected chi connectivity index (χ1v) is 7.92. The molecule has 100 valence electrons. The summed E-state index contributed by atoms with van der Waals surface area (Å²) < 4.78 is 0. The van der Waals surface area contributed by atoms with Gasteiger partial charge < -0.3 is 11.1 Å². The first kappa shape index (κ1) is 15.6. The maximum atomic E-state index is 5.95. The molecule has 0 saturated heterocycles. The second-order valence-electron chi connectivity index (χ2n) is 4.09. The lowest BCUT2D eigenvalue weighted by atomic mass is 10.1. The molecule has 0 aromatic heterocycles. The third-order valence-corrected chi connectivity index (χ3v) is 3.94. The monoisotopic (exact) mass is 302 g/mol. The summed E-state index contributed by atoms with van der Waals surface area (Å²) in [6.07, 6.45) is 1.11. The molecule has 1 aromatic carbocycles. The molecule has 5 heteroatoms. The summed E-state index contributed by atoms with van der Waals surface area (Å²) in [4.78, 5) is 0.370. The van der Waals surface area contributed by atoms with Crippen molar-refractivity contribution in [2.45, 2.75) is 26.3 Å². The van der Waals surface area contributed by atoms with Crippen molar-refractivity contribution in [1.29, 1.82) is 0 Å². The zero-order chi connectivity index (χ0) is 13.5. The average molecular weight is 303 g/mol. The number of thiocarbonyl (C=S) groups is 1. The van der Waals surface area contributed by atoms with Crippen LogP contribution in [0.5, 0.6) is 0 Å². The standard InChI is InChI=1S/C13H19ClN2S2/c1-3-18-7-6-9(2)16-12-5-4-10(14)8-11(12)13(15)17/h4-5,8-9,16H,3,6-7H2,1-2H3,(H2,15,17). The minimum atomic E-state index is 0.370. The zero-order valence-corrected chi connectivity index (χ0v) is 13.1. The van der Waals surface area contributed by atoms with Crippen molar-refractivity contribution in [2.75, 3.05) is 16.8 Å². The Kier molecular flexibility index (Phi) is 6.82. The zero-order valence-electron chi connectivity index (χ0n) is 10.7. The van der Waals surface area contributed by atoms with Crippen LogP contribution in [0.2, 0.25) is 5.02 Å². The van der Waals surface area contributed by atoms with Crippen LogP contribution in [0.4, 0.5) is 5.69 Å². The third kappa shape index (κ3) is 5.04. The topological polar surface area (TPSA) is 38.0 Å². The lowest BCUT2D eigenvalue weighted by molar-refractivity contribution is 0.771. The van der Waals surface area contributed by atoms with Gasteiger partial charge in [-0.15, -0.1) is 0 Å².